The van der Waals surface area contributed by atoms with Crippen LogP contribution in [-0.4, -0.2) is 34.5 Å². The van der Waals surface area contributed by atoms with Crippen LogP contribution in [0.15, 0.2) is 45.3 Å². The number of carboxylic acid groups (broad SMARTS) is 1. The molecule has 0 radical (unpaired) electrons. The molecule has 0 saturated carbocycles. The molecule has 1 aliphatic heterocycles. The van der Waals surface area contributed by atoms with Crippen LogP contribution in [0.4, 0.5) is 10.5 Å². The number of benzene rings is 2. The average molecular weight is 514 g/mol. The van der Waals surface area contributed by atoms with Crippen LogP contribution in [0, 0.1) is 5.92 Å². The number of anilines is 1. The van der Waals surface area contributed by atoms with Crippen molar-refractivity contribution in [2.45, 2.75) is 32.7 Å². The number of amides is 3. The van der Waals surface area contributed by atoms with Crippen LogP contribution in [-0.2, 0) is 6.42 Å². The number of hydrogen-bond donors (Lipinski definition) is 3. The van der Waals surface area contributed by atoms with Crippen LogP contribution in [0.3, 0.4) is 0 Å². The van der Waals surface area contributed by atoms with Gasteiger partial charge in [-0.3, -0.25) is 9.59 Å². The molecular formula is C24H24BrN3O5. The predicted molar refractivity (Wildman–Crippen MR) is 127 cm³/mol. The number of nitrogens with two attached hydrogens (primary N) is 1. The normalized spacial score (nSPS) is 15.5. The highest BCUT2D eigenvalue weighted by molar-refractivity contribution is 9.10. The van der Waals surface area contributed by atoms with Crippen molar-refractivity contribution in [2.75, 3.05) is 11.9 Å². The van der Waals surface area contributed by atoms with E-state index in [0.717, 1.165) is 15.6 Å². The Hall–Kier alpha value is -3.33. The smallest absolute Gasteiger partial charge is 0.407 e. The van der Waals surface area contributed by atoms with Gasteiger partial charge in [-0.25, -0.2) is 4.79 Å². The van der Waals surface area contributed by atoms with Gasteiger partial charge in [0.1, 0.15) is 11.3 Å². The SMILES string of the molecule is CC(C)CC1c2ccc(C(=O)Nc3c(C(N)=O)oc4ccc(Br)cc34)cc2CCN1C(=O)O. The maximum Gasteiger partial charge on any atom is 0.407 e. The zero-order valence-corrected chi connectivity index (χ0v) is 19.8. The predicted octanol–water partition coefficient (Wildman–Crippen LogP) is 5.17. The summed E-state index contributed by atoms with van der Waals surface area (Å²) in [6, 6.07) is 10.2. The van der Waals surface area contributed by atoms with Gasteiger partial charge in [-0.2, -0.15) is 0 Å². The number of fused-ring (bicyclic) bond motifs is 2. The Morgan fingerprint density at radius 1 is 1.24 bits per heavy atom. The fourth-order valence-electron chi connectivity index (χ4n) is 4.34. The van der Waals surface area contributed by atoms with E-state index in [0.29, 0.717) is 41.8 Å². The Bertz CT molecular complexity index is 1270. The van der Waals surface area contributed by atoms with Gasteiger partial charge in [-0.15, -0.1) is 0 Å². The van der Waals surface area contributed by atoms with Crippen molar-refractivity contribution in [3.05, 3.63) is 63.3 Å². The molecule has 1 aliphatic rings. The fraction of sp³-hybridized carbons (Fsp3) is 0.292. The summed E-state index contributed by atoms with van der Waals surface area (Å²) in [6.07, 6.45) is 0.277. The third-order valence-electron chi connectivity index (χ3n) is 5.82. The van der Waals surface area contributed by atoms with Gasteiger partial charge in [0.25, 0.3) is 11.8 Å². The van der Waals surface area contributed by atoms with Crippen molar-refractivity contribution in [3.8, 4) is 0 Å². The molecule has 9 heteroatoms. The minimum absolute atomic E-state index is 0.122. The molecule has 2 heterocycles. The summed E-state index contributed by atoms with van der Waals surface area (Å²) in [4.78, 5) is 38.2. The van der Waals surface area contributed by atoms with E-state index in [4.69, 9.17) is 10.2 Å². The summed E-state index contributed by atoms with van der Waals surface area (Å²) >= 11 is 3.39. The number of nitrogens with one attached hydrogen (secondary N) is 1. The standard InChI is InChI=1S/C24H24BrN3O5/c1-12(2)9-18-16-5-3-14(10-13(16)7-8-28(18)24(31)32)23(30)27-20-17-11-15(25)4-6-19(17)33-21(20)22(26)29/h3-6,10-12,18H,7-9H2,1-2H3,(H2,26,29)(H,27,30)(H,31,32). The van der Waals surface area contributed by atoms with E-state index in [1.54, 1.807) is 30.3 Å². The minimum Gasteiger partial charge on any atom is -0.465 e. The Morgan fingerprint density at radius 3 is 2.67 bits per heavy atom. The third-order valence-corrected chi connectivity index (χ3v) is 6.31. The summed E-state index contributed by atoms with van der Waals surface area (Å²) < 4.78 is 6.32. The monoisotopic (exact) mass is 513 g/mol. The van der Waals surface area contributed by atoms with E-state index in [-0.39, 0.29) is 17.5 Å². The molecule has 8 nitrogen and oxygen atoms in total. The Kier molecular flexibility index (Phi) is 6.16. The number of carbonyl (C=O) groups is 3. The van der Waals surface area contributed by atoms with Crippen LogP contribution >= 0.6 is 15.9 Å². The number of hydrogen-bond acceptors (Lipinski definition) is 4. The lowest BCUT2D eigenvalue weighted by molar-refractivity contribution is 0.0976. The largest absolute Gasteiger partial charge is 0.465 e. The molecule has 0 spiro atoms. The second kappa shape index (κ2) is 8.90. The molecule has 3 aromatic rings. The molecule has 1 unspecified atom stereocenters. The molecular weight excluding hydrogens is 490 g/mol. The minimum atomic E-state index is -0.940. The first-order valence-corrected chi connectivity index (χ1v) is 11.4. The summed E-state index contributed by atoms with van der Waals surface area (Å²) in [7, 11) is 0. The number of carbonyl (C=O) groups excluding carboxylic acids is 2. The molecule has 0 fully saturated rings. The molecule has 33 heavy (non-hydrogen) atoms. The summed E-state index contributed by atoms with van der Waals surface area (Å²) in [5.41, 5.74) is 8.38. The molecule has 4 N–H and O–H groups in total. The molecule has 4 rings (SSSR count). The number of rotatable bonds is 5. The highest BCUT2D eigenvalue weighted by atomic mass is 79.9. The van der Waals surface area contributed by atoms with Crippen molar-refractivity contribution < 1.29 is 23.9 Å². The van der Waals surface area contributed by atoms with E-state index >= 15 is 0 Å². The lowest BCUT2D eigenvalue weighted by atomic mass is 9.87. The molecule has 0 bridgehead atoms. The van der Waals surface area contributed by atoms with Crippen molar-refractivity contribution in [3.63, 3.8) is 0 Å². The molecule has 1 aromatic heterocycles. The van der Waals surface area contributed by atoms with Gasteiger partial charge in [0, 0.05) is 22.0 Å². The molecule has 0 saturated heterocycles. The van der Waals surface area contributed by atoms with Crippen molar-refractivity contribution in [2.24, 2.45) is 11.7 Å². The van der Waals surface area contributed by atoms with E-state index in [2.05, 4.69) is 35.1 Å². The van der Waals surface area contributed by atoms with Gasteiger partial charge in [0.05, 0.1) is 6.04 Å². The molecule has 2 aromatic carbocycles. The summed E-state index contributed by atoms with van der Waals surface area (Å²) in [5, 5.41) is 13.0. The Balaban J connectivity index is 1.68. The highest BCUT2D eigenvalue weighted by Gasteiger charge is 2.31. The zero-order valence-electron chi connectivity index (χ0n) is 18.2. The molecule has 3 amide bonds. The fourth-order valence-corrected chi connectivity index (χ4v) is 4.70. The van der Waals surface area contributed by atoms with Crippen LogP contribution < -0.4 is 11.1 Å². The second-order valence-electron chi connectivity index (χ2n) is 8.55. The second-order valence-corrected chi connectivity index (χ2v) is 9.47. The van der Waals surface area contributed by atoms with Gasteiger partial charge in [0.15, 0.2) is 0 Å². The van der Waals surface area contributed by atoms with Gasteiger partial charge in [-0.05, 0) is 60.2 Å². The number of primary amides is 1. The summed E-state index contributed by atoms with van der Waals surface area (Å²) in [5.74, 6) is -1.01. The van der Waals surface area contributed by atoms with Crippen molar-refractivity contribution in [1.29, 1.82) is 0 Å². The first-order valence-electron chi connectivity index (χ1n) is 10.6. The van der Waals surface area contributed by atoms with Gasteiger partial charge >= 0.3 is 6.09 Å². The number of nitrogens with zero attached hydrogens (tertiary/aromatic N) is 1. The van der Waals surface area contributed by atoms with Crippen LogP contribution in [0.25, 0.3) is 11.0 Å². The van der Waals surface area contributed by atoms with Crippen LogP contribution in [0.2, 0.25) is 0 Å². The molecule has 172 valence electrons. The Labute approximate surface area is 198 Å². The lowest BCUT2D eigenvalue weighted by Crippen LogP contribution is -2.39. The topological polar surface area (TPSA) is 126 Å². The van der Waals surface area contributed by atoms with E-state index in [1.165, 1.54) is 4.90 Å². The number of furan rings is 1. The maximum atomic E-state index is 13.1. The molecule has 0 aliphatic carbocycles. The lowest BCUT2D eigenvalue weighted by Gasteiger charge is -2.36. The first kappa shape index (κ1) is 22.8. The maximum absolute atomic E-state index is 13.1. The van der Waals surface area contributed by atoms with E-state index in [9.17, 15) is 19.5 Å². The van der Waals surface area contributed by atoms with Crippen LogP contribution in [0.1, 0.15) is 58.3 Å². The van der Waals surface area contributed by atoms with Crippen molar-refractivity contribution in [1.82, 2.24) is 4.90 Å². The zero-order chi connectivity index (χ0) is 23.9. The van der Waals surface area contributed by atoms with Gasteiger partial charge in [0.2, 0.25) is 5.76 Å². The highest BCUT2D eigenvalue weighted by Crippen LogP contribution is 2.36. The van der Waals surface area contributed by atoms with Crippen LogP contribution in [0.5, 0.6) is 0 Å². The Morgan fingerprint density at radius 2 is 2.00 bits per heavy atom. The van der Waals surface area contributed by atoms with E-state index in [1.807, 2.05) is 6.07 Å². The van der Waals surface area contributed by atoms with Crippen molar-refractivity contribution >= 4 is 50.5 Å². The average Bonchev–Trinajstić information content (AvgIpc) is 3.10. The quantitative estimate of drug-likeness (QED) is 0.433. The van der Waals surface area contributed by atoms with E-state index < -0.39 is 17.9 Å². The first-order chi connectivity index (χ1) is 15.7. The summed E-state index contributed by atoms with van der Waals surface area (Å²) in [6.45, 7) is 4.48. The van der Waals surface area contributed by atoms with Gasteiger partial charge < -0.3 is 25.5 Å². The molecule has 1 atom stereocenters. The third kappa shape index (κ3) is 4.45. The number of halogens is 1. The van der Waals surface area contributed by atoms with Gasteiger partial charge in [-0.1, -0.05) is 35.8 Å².